The number of amides is 3. The molecule has 1 unspecified atom stereocenters. The van der Waals surface area contributed by atoms with E-state index in [1.807, 2.05) is 6.92 Å². The Labute approximate surface area is 164 Å². The lowest BCUT2D eigenvalue weighted by Gasteiger charge is -2.31. The summed E-state index contributed by atoms with van der Waals surface area (Å²) in [6, 6.07) is 13.4. The molecule has 146 valence electrons. The van der Waals surface area contributed by atoms with Gasteiger partial charge >= 0.3 is 6.03 Å². The maximum Gasteiger partial charge on any atom is 0.319 e. The van der Waals surface area contributed by atoms with Gasteiger partial charge in [0, 0.05) is 37.4 Å². The van der Waals surface area contributed by atoms with Gasteiger partial charge in [0.2, 0.25) is 0 Å². The van der Waals surface area contributed by atoms with Crippen molar-refractivity contribution in [3.05, 3.63) is 53.6 Å². The number of benzene rings is 2. The predicted octanol–water partition coefficient (Wildman–Crippen LogP) is 2.59. The molecule has 2 aliphatic rings. The van der Waals surface area contributed by atoms with Crippen molar-refractivity contribution in [2.24, 2.45) is 0 Å². The van der Waals surface area contributed by atoms with Gasteiger partial charge in [-0.1, -0.05) is 24.3 Å². The first kappa shape index (κ1) is 18.3. The van der Waals surface area contributed by atoms with Crippen LogP contribution in [0.2, 0.25) is 0 Å². The van der Waals surface area contributed by atoms with Crippen LogP contribution in [-0.2, 0) is 17.8 Å². The van der Waals surface area contributed by atoms with Crippen LogP contribution >= 0.6 is 0 Å². The van der Waals surface area contributed by atoms with E-state index in [2.05, 4.69) is 45.1 Å². The quantitative estimate of drug-likeness (QED) is 0.761. The standard InChI is InChI=1S/C21H24N4O3/c1-14(11-25-9-8-15-4-2-3-5-16(15)12-25)22-21(27)23-17-6-7-18-19(10-17)28-13-20(26)24-18/h2-7,10,14H,8-9,11-13H2,1H3,(H,24,26)(H2,22,23,27). The number of nitrogens with one attached hydrogen (secondary N) is 3. The minimum Gasteiger partial charge on any atom is -0.482 e. The summed E-state index contributed by atoms with van der Waals surface area (Å²) in [6.45, 7) is 4.70. The monoisotopic (exact) mass is 380 g/mol. The second kappa shape index (κ2) is 7.90. The average molecular weight is 380 g/mol. The molecular weight excluding hydrogens is 356 g/mol. The van der Waals surface area contributed by atoms with E-state index in [1.165, 1.54) is 11.1 Å². The highest BCUT2D eigenvalue weighted by Crippen LogP contribution is 2.30. The maximum atomic E-state index is 12.3. The van der Waals surface area contributed by atoms with Crippen molar-refractivity contribution in [2.75, 3.05) is 30.3 Å². The molecule has 1 atom stereocenters. The first-order valence-corrected chi connectivity index (χ1v) is 9.50. The van der Waals surface area contributed by atoms with E-state index in [0.29, 0.717) is 17.1 Å². The zero-order chi connectivity index (χ0) is 19.5. The highest BCUT2D eigenvalue weighted by atomic mass is 16.5. The number of carbonyl (C=O) groups excluding carboxylic acids is 2. The van der Waals surface area contributed by atoms with Crippen molar-refractivity contribution < 1.29 is 14.3 Å². The molecule has 2 heterocycles. The smallest absolute Gasteiger partial charge is 0.319 e. The van der Waals surface area contributed by atoms with Gasteiger partial charge in [0.15, 0.2) is 6.61 Å². The van der Waals surface area contributed by atoms with Gasteiger partial charge in [-0.3, -0.25) is 9.69 Å². The number of anilines is 2. The van der Waals surface area contributed by atoms with E-state index in [1.54, 1.807) is 18.2 Å². The van der Waals surface area contributed by atoms with E-state index in [4.69, 9.17) is 4.74 Å². The molecule has 0 saturated heterocycles. The number of fused-ring (bicyclic) bond motifs is 2. The molecule has 0 aromatic heterocycles. The molecule has 3 amide bonds. The number of hydrogen-bond acceptors (Lipinski definition) is 4. The average Bonchev–Trinajstić information content (AvgIpc) is 2.68. The summed E-state index contributed by atoms with van der Waals surface area (Å²) in [7, 11) is 0. The third-order valence-electron chi connectivity index (χ3n) is 4.99. The summed E-state index contributed by atoms with van der Waals surface area (Å²) < 4.78 is 5.38. The summed E-state index contributed by atoms with van der Waals surface area (Å²) in [5.41, 5.74) is 4.02. The zero-order valence-corrected chi connectivity index (χ0v) is 15.8. The predicted molar refractivity (Wildman–Crippen MR) is 108 cm³/mol. The van der Waals surface area contributed by atoms with Crippen LogP contribution < -0.4 is 20.7 Å². The number of carbonyl (C=O) groups is 2. The zero-order valence-electron chi connectivity index (χ0n) is 15.8. The molecule has 0 fully saturated rings. The Morgan fingerprint density at radius 3 is 2.93 bits per heavy atom. The Morgan fingerprint density at radius 1 is 1.25 bits per heavy atom. The minimum atomic E-state index is -0.260. The number of urea groups is 1. The van der Waals surface area contributed by atoms with Gasteiger partial charge in [0.25, 0.3) is 5.91 Å². The van der Waals surface area contributed by atoms with Gasteiger partial charge in [-0.05, 0) is 36.6 Å². The summed E-state index contributed by atoms with van der Waals surface area (Å²) in [4.78, 5) is 26.0. The lowest BCUT2D eigenvalue weighted by molar-refractivity contribution is -0.118. The van der Waals surface area contributed by atoms with E-state index in [-0.39, 0.29) is 24.6 Å². The van der Waals surface area contributed by atoms with Gasteiger partial charge in [-0.15, -0.1) is 0 Å². The summed E-state index contributed by atoms with van der Waals surface area (Å²) in [5, 5.41) is 8.54. The van der Waals surface area contributed by atoms with Gasteiger partial charge in [-0.25, -0.2) is 4.79 Å². The number of rotatable bonds is 4. The van der Waals surface area contributed by atoms with E-state index in [0.717, 1.165) is 26.1 Å². The Hall–Kier alpha value is -3.06. The Bertz CT molecular complexity index is 899. The molecule has 4 rings (SSSR count). The lowest BCUT2D eigenvalue weighted by atomic mass is 10.00. The molecule has 28 heavy (non-hydrogen) atoms. The Balaban J connectivity index is 1.29. The lowest BCUT2D eigenvalue weighted by Crippen LogP contribution is -2.45. The molecule has 0 radical (unpaired) electrons. The van der Waals surface area contributed by atoms with E-state index in [9.17, 15) is 9.59 Å². The second-order valence-electron chi connectivity index (χ2n) is 7.30. The highest BCUT2D eigenvalue weighted by Gasteiger charge is 2.19. The number of hydrogen-bond donors (Lipinski definition) is 3. The van der Waals surface area contributed by atoms with E-state index >= 15 is 0 Å². The summed E-state index contributed by atoms with van der Waals surface area (Å²) in [6.07, 6.45) is 1.04. The van der Waals surface area contributed by atoms with Crippen molar-refractivity contribution in [3.63, 3.8) is 0 Å². The first-order valence-electron chi connectivity index (χ1n) is 9.50. The van der Waals surface area contributed by atoms with Crippen LogP contribution in [-0.4, -0.2) is 42.6 Å². The molecule has 3 N–H and O–H groups in total. The van der Waals surface area contributed by atoms with E-state index < -0.39 is 0 Å². The molecule has 2 aromatic rings. The van der Waals surface area contributed by atoms with Crippen LogP contribution in [0.4, 0.5) is 16.2 Å². The minimum absolute atomic E-state index is 0.0124. The van der Waals surface area contributed by atoms with Crippen LogP contribution in [0.3, 0.4) is 0 Å². The largest absolute Gasteiger partial charge is 0.482 e. The normalized spacial score (nSPS) is 16.8. The van der Waals surface area contributed by atoms with Gasteiger partial charge in [0.05, 0.1) is 5.69 Å². The molecule has 0 spiro atoms. The molecular formula is C21H24N4O3. The topological polar surface area (TPSA) is 82.7 Å². The number of nitrogens with zero attached hydrogens (tertiary/aromatic N) is 1. The van der Waals surface area contributed by atoms with Crippen LogP contribution in [0.25, 0.3) is 0 Å². The van der Waals surface area contributed by atoms with Crippen LogP contribution in [0, 0.1) is 0 Å². The van der Waals surface area contributed by atoms with Crippen molar-refractivity contribution in [2.45, 2.75) is 25.9 Å². The third-order valence-corrected chi connectivity index (χ3v) is 4.99. The molecule has 2 aromatic carbocycles. The van der Waals surface area contributed by atoms with Crippen molar-refractivity contribution in [1.82, 2.24) is 10.2 Å². The van der Waals surface area contributed by atoms with Crippen LogP contribution in [0.15, 0.2) is 42.5 Å². The molecule has 7 heteroatoms. The fourth-order valence-corrected chi connectivity index (χ4v) is 3.69. The number of ether oxygens (including phenoxy) is 1. The van der Waals surface area contributed by atoms with Crippen molar-refractivity contribution in [1.29, 1.82) is 0 Å². The summed E-state index contributed by atoms with van der Waals surface area (Å²) >= 11 is 0. The first-order chi connectivity index (χ1) is 13.6. The highest BCUT2D eigenvalue weighted by molar-refractivity contribution is 5.96. The molecule has 0 saturated carbocycles. The molecule has 0 aliphatic carbocycles. The Kier molecular flexibility index (Phi) is 5.16. The van der Waals surface area contributed by atoms with Gasteiger partial charge in [0.1, 0.15) is 5.75 Å². The SMILES string of the molecule is CC(CN1CCc2ccccc2C1)NC(=O)Nc1ccc2c(c1)OCC(=O)N2. The molecule has 0 bridgehead atoms. The fraction of sp³-hybridized carbons (Fsp3) is 0.333. The van der Waals surface area contributed by atoms with Crippen molar-refractivity contribution >= 4 is 23.3 Å². The third kappa shape index (κ3) is 4.26. The maximum absolute atomic E-state index is 12.3. The van der Waals surface area contributed by atoms with Crippen molar-refractivity contribution in [3.8, 4) is 5.75 Å². The molecule has 2 aliphatic heterocycles. The molecule has 7 nitrogen and oxygen atoms in total. The fourth-order valence-electron chi connectivity index (χ4n) is 3.69. The Morgan fingerprint density at radius 2 is 2.07 bits per heavy atom. The second-order valence-corrected chi connectivity index (χ2v) is 7.30. The van der Waals surface area contributed by atoms with Crippen LogP contribution in [0.1, 0.15) is 18.1 Å². The van der Waals surface area contributed by atoms with Gasteiger partial charge in [-0.2, -0.15) is 0 Å². The summed E-state index contributed by atoms with van der Waals surface area (Å²) in [5.74, 6) is 0.373. The van der Waals surface area contributed by atoms with Crippen LogP contribution in [0.5, 0.6) is 5.75 Å². The van der Waals surface area contributed by atoms with Gasteiger partial charge < -0.3 is 20.7 Å².